The maximum absolute atomic E-state index is 12.7. The smallest absolute Gasteiger partial charge is 0.224 e. The summed E-state index contributed by atoms with van der Waals surface area (Å²) in [6, 6.07) is 10.5. The highest BCUT2D eigenvalue weighted by Crippen LogP contribution is 2.27. The van der Waals surface area contributed by atoms with Crippen LogP contribution in [0.1, 0.15) is 72.8 Å². The Labute approximate surface area is 190 Å². The molecule has 1 aliphatic carbocycles. The molecule has 2 heterocycles. The number of amides is 2. The van der Waals surface area contributed by atoms with Gasteiger partial charge in [0.25, 0.3) is 0 Å². The number of carbonyl (C=O) groups is 2. The molecule has 6 nitrogen and oxygen atoms in total. The molecule has 4 rings (SSSR count). The van der Waals surface area contributed by atoms with Crippen LogP contribution in [0.4, 0.5) is 0 Å². The average Bonchev–Trinajstić information content (AvgIpc) is 3.47. The molecule has 1 saturated carbocycles. The van der Waals surface area contributed by atoms with Gasteiger partial charge in [0.1, 0.15) is 5.82 Å². The Kier molecular flexibility index (Phi) is 7.18. The van der Waals surface area contributed by atoms with Gasteiger partial charge in [0, 0.05) is 48.4 Å². The number of aromatic nitrogens is 2. The van der Waals surface area contributed by atoms with Crippen LogP contribution in [0.5, 0.6) is 0 Å². The Morgan fingerprint density at radius 2 is 1.72 bits per heavy atom. The van der Waals surface area contributed by atoms with E-state index in [2.05, 4.69) is 17.4 Å². The van der Waals surface area contributed by atoms with Crippen molar-refractivity contribution in [3.63, 3.8) is 0 Å². The van der Waals surface area contributed by atoms with Gasteiger partial charge in [-0.05, 0) is 45.1 Å². The zero-order chi connectivity index (χ0) is 22.5. The first-order valence-electron chi connectivity index (χ1n) is 11.9. The summed E-state index contributed by atoms with van der Waals surface area (Å²) in [4.78, 5) is 36.6. The quantitative estimate of drug-likeness (QED) is 0.722. The van der Waals surface area contributed by atoms with Crippen molar-refractivity contribution in [3.8, 4) is 0 Å². The lowest BCUT2D eigenvalue weighted by Crippen LogP contribution is -2.34. The number of nitrogens with one attached hydrogen (secondary N) is 1. The zero-order valence-electron chi connectivity index (χ0n) is 19.3. The number of hydrogen-bond donors (Lipinski definition) is 1. The molecule has 2 aromatic rings. The van der Waals surface area contributed by atoms with Crippen LogP contribution in [-0.4, -0.2) is 45.8 Å². The Balaban J connectivity index is 1.33. The molecule has 0 radical (unpaired) electrons. The van der Waals surface area contributed by atoms with E-state index < -0.39 is 0 Å². The van der Waals surface area contributed by atoms with Gasteiger partial charge in [0.05, 0.1) is 6.42 Å². The molecule has 1 aromatic carbocycles. The van der Waals surface area contributed by atoms with Crippen molar-refractivity contribution in [3.05, 3.63) is 58.7 Å². The van der Waals surface area contributed by atoms with Crippen molar-refractivity contribution < 1.29 is 9.59 Å². The molecule has 1 aliphatic heterocycles. The summed E-state index contributed by atoms with van der Waals surface area (Å²) >= 11 is 0. The van der Waals surface area contributed by atoms with E-state index in [9.17, 15) is 9.59 Å². The summed E-state index contributed by atoms with van der Waals surface area (Å²) in [5.74, 6) is 1.23. The van der Waals surface area contributed by atoms with E-state index in [0.717, 1.165) is 55.0 Å². The number of rotatable bonds is 7. The topological polar surface area (TPSA) is 75.2 Å². The van der Waals surface area contributed by atoms with Gasteiger partial charge >= 0.3 is 0 Å². The summed E-state index contributed by atoms with van der Waals surface area (Å²) in [6.45, 7) is 5.36. The number of hydrogen-bond acceptors (Lipinski definition) is 4. The van der Waals surface area contributed by atoms with Crippen molar-refractivity contribution in [2.45, 2.75) is 77.2 Å². The van der Waals surface area contributed by atoms with Gasteiger partial charge < -0.3 is 10.2 Å². The van der Waals surface area contributed by atoms with Crippen LogP contribution < -0.4 is 5.32 Å². The average molecular weight is 435 g/mol. The minimum absolute atomic E-state index is 0.0653. The highest BCUT2D eigenvalue weighted by atomic mass is 16.2. The Hall–Kier alpha value is -2.76. The van der Waals surface area contributed by atoms with E-state index in [0.29, 0.717) is 25.4 Å². The van der Waals surface area contributed by atoms with Crippen molar-refractivity contribution >= 4 is 11.8 Å². The second-order valence-electron chi connectivity index (χ2n) is 9.27. The molecule has 0 unspecified atom stereocenters. The predicted molar refractivity (Wildman–Crippen MR) is 124 cm³/mol. The Bertz CT molecular complexity index is 931. The summed E-state index contributed by atoms with van der Waals surface area (Å²) in [5.41, 5.74) is 3.88. The third-order valence-electron chi connectivity index (χ3n) is 6.87. The van der Waals surface area contributed by atoms with Crippen molar-refractivity contribution in [2.75, 3.05) is 13.1 Å². The standard InChI is InChI=1S/C26H34N4O2/c1-18-23(16-24(31)29-22-10-6-7-11-22)19(2)28-26(27-18)21-14-15-30(17-21)25(32)13-12-20-8-4-3-5-9-20/h3-5,8-9,21-22H,6-7,10-17H2,1-2H3,(H,29,31)/t21-/m0/s1. The van der Waals surface area contributed by atoms with E-state index in [4.69, 9.17) is 9.97 Å². The van der Waals surface area contributed by atoms with E-state index in [1.54, 1.807) is 0 Å². The Morgan fingerprint density at radius 3 is 2.41 bits per heavy atom. The predicted octanol–water partition coefficient (Wildman–Crippen LogP) is 3.64. The van der Waals surface area contributed by atoms with Crippen LogP contribution in [0.25, 0.3) is 0 Å². The number of benzene rings is 1. The molecule has 170 valence electrons. The number of likely N-dealkylation sites (tertiary alicyclic amines) is 1. The number of nitrogens with zero attached hydrogens (tertiary/aromatic N) is 3. The number of carbonyl (C=O) groups excluding carboxylic acids is 2. The largest absolute Gasteiger partial charge is 0.353 e. The fourth-order valence-corrected chi connectivity index (χ4v) is 4.96. The van der Waals surface area contributed by atoms with Crippen LogP contribution in [0.15, 0.2) is 30.3 Å². The molecular formula is C26H34N4O2. The zero-order valence-corrected chi connectivity index (χ0v) is 19.3. The van der Waals surface area contributed by atoms with E-state index in [1.807, 2.05) is 36.9 Å². The lowest BCUT2D eigenvalue weighted by Gasteiger charge is -2.18. The lowest BCUT2D eigenvalue weighted by molar-refractivity contribution is -0.130. The van der Waals surface area contributed by atoms with Crippen LogP contribution in [0.3, 0.4) is 0 Å². The maximum Gasteiger partial charge on any atom is 0.224 e. The molecule has 6 heteroatoms. The second-order valence-corrected chi connectivity index (χ2v) is 9.27. The maximum atomic E-state index is 12.7. The SMILES string of the molecule is Cc1nc([C@H]2CCN(C(=O)CCc3ccccc3)C2)nc(C)c1CC(=O)NC1CCCC1. The molecule has 2 fully saturated rings. The highest BCUT2D eigenvalue weighted by molar-refractivity contribution is 5.79. The minimum atomic E-state index is 0.0653. The molecule has 1 atom stereocenters. The molecule has 2 aliphatic rings. The third-order valence-corrected chi connectivity index (χ3v) is 6.87. The van der Waals surface area contributed by atoms with Crippen LogP contribution >= 0.6 is 0 Å². The Morgan fingerprint density at radius 1 is 1.03 bits per heavy atom. The summed E-state index contributed by atoms with van der Waals surface area (Å²) in [5, 5.41) is 3.15. The third kappa shape index (κ3) is 5.53. The molecule has 2 amide bonds. The molecular weight excluding hydrogens is 400 g/mol. The fourth-order valence-electron chi connectivity index (χ4n) is 4.96. The summed E-state index contributed by atoms with van der Waals surface area (Å²) in [7, 11) is 0. The van der Waals surface area contributed by atoms with Crippen LogP contribution in [0.2, 0.25) is 0 Å². The van der Waals surface area contributed by atoms with Crippen molar-refractivity contribution in [1.29, 1.82) is 0 Å². The van der Waals surface area contributed by atoms with Gasteiger partial charge in [-0.1, -0.05) is 43.2 Å². The first-order chi connectivity index (χ1) is 15.5. The highest BCUT2D eigenvalue weighted by Gasteiger charge is 2.30. The molecule has 1 aromatic heterocycles. The van der Waals surface area contributed by atoms with Gasteiger partial charge in [-0.25, -0.2) is 9.97 Å². The summed E-state index contributed by atoms with van der Waals surface area (Å²) in [6.07, 6.45) is 7.10. The molecule has 0 bridgehead atoms. The van der Waals surface area contributed by atoms with Gasteiger partial charge in [0.15, 0.2) is 0 Å². The first-order valence-corrected chi connectivity index (χ1v) is 11.9. The van der Waals surface area contributed by atoms with Crippen LogP contribution in [0, 0.1) is 13.8 Å². The molecule has 32 heavy (non-hydrogen) atoms. The molecule has 0 spiro atoms. The van der Waals surface area contributed by atoms with Gasteiger partial charge in [-0.2, -0.15) is 0 Å². The summed E-state index contributed by atoms with van der Waals surface area (Å²) < 4.78 is 0. The lowest BCUT2D eigenvalue weighted by atomic mass is 10.0. The van der Waals surface area contributed by atoms with Gasteiger partial charge in [0.2, 0.25) is 11.8 Å². The van der Waals surface area contributed by atoms with Crippen molar-refractivity contribution in [1.82, 2.24) is 20.2 Å². The van der Waals surface area contributed by atoms with Crippen LogP contribution in [-0.2, 0) is 22.4 Å². The fraction of sp³-hybridized carbons (Fsp3) is 0.538. The van der Waals surface area contributed by atoms with E-state index in [1.165, 1.54) is 18.4 Å². The van der Waals surface area contributed by atoms with E-state index >= 15 is 0 Å². The van der Waals surface area contributed by atoms with E-state index in [-0.39, 0.29) is 17.7 Å². The monoisotopic (exact) mass is 434 g/mol. The first kappa shape index (κ1) is 22.4. The second kappa shape index (κ2) is 10.2. The number of aryl methyl sites for hydroxylation is 3. The minimum Gasteiger partial charge on any atom is -0.353 e. The molecule has 1 saturated heterocycles. The normalized spacial score (nSPS) is 18.8. The van der Waals surface area contributed by atoms with Gasteiger partial charge in [-0.3, -0.25) is 9.59 Å². The van der Waals surface area contributed by atoms with Crippen molar-refractivity contribution in [2.24, 2.45) is 0 Å². The van der Waals surface area contributed by atoms with Gasteiger partial charge in [-0.15, -0.1) is 0 Å². The molecule has 1 N–H and O–H groups in total.